The van der Waals surface area contributed by atoms with Crippen LogP contribution in [-0.2, 0) is 10.0 Å². The third kappa shape index (κ3) is 4.89. The lowest BCUT2D eigenvalue weighted by Crippen LogP contribution is -2.32. The summed E-state index contributed by atoms with van der Waals surface area (Å²) in [5.41, 5.74) is 0.969. The number of sulfonamides is 1. The van der Waals surface area contributed by atoms with Crippen LogP contribution in [0.15, 0.2) is 29.2 Å². The summed E-state index contributed by atoms with van der Waals surface area (Å²) in [5.74, 6) is 0. The molecule has 0 radical (unpaired) electrons. The molecular formula is C15H26N2O2S. The van der Waals surface area contributed by atoms with E-state index in [1.807, 2.05) is 27.0 Å². The molecule has 114 valence electrons. The van der Waals surface area contributed by atoms with Gasteiger partial charge >= 0.3 is 0 Å². The van der Waals surface area contributed by atoms with Gasteiger partial charge < -0.3 is 5.32 Å². The van der Waals surface area contributed by atoms with Gasteiger partial charge in [-0.05, 0) is 45.0 Å². The van der Waals surface area contributed by atoms with Gasteiger partial charge in [-0.3, -0.25) is 0 Å². The minimum Gasteiger partial charge on any atom is -0.313 e. The number of hydrogen-bond donors (Lipinski definition) is 2. The van der Waals surface area contributed by atoms with E-state index in [-0.39, 0.29) is 12.1 Å². The lowest BCUT2D eigenvalue weighted by molar-refractivity contribution is 0.534. The van der Waals surface area contributed by atoms with Crippen LogP contribution < -0.4 is 10.0 Å². The molecule has 0 spiro atoms. The van der Waals surface area contributed by atoms with Crippen molar-refractivity contribution in [3.8, 4) is 0 Å². The quantitative estimate of drug-likeness (QED) is 0.776. The fourth-order valence-electron chi connectivity index (χ4n) is 2.02. The molecule has 2 atom stereocenters. The molecule has 0 aliphatic carbocycles. The van der Waals surface area contributed by atoms with E-state index in [0.717, 1.165) is 24.8 Å². The largest absolute Gasteiger partial charge is 0.313 e. The molecule has 5 heteroatoms. The summed E-state index contributed by atoms with van der Waals surface area (Å²) in [7, 11) is -1.57. The maximum absolute atomic E-state index is 12.3. The van der Waals surface area contributed by atoms with Gasteiger partial charge in [-0.25, -0.2) is 13.1 Å². The highest BCUT2D eigenvalue weighted by atomic mass is 32.2. The van der Waals surface area contributed by atoms with Gasteiger partial charge in [-0.1, -0.05) is 31.9 Å². The first-order valence-electron chi connectivity index (χ1n) is 7.20. The van der Waals surface area contributed by atoms with Crippen molar-refractivity contribution >= 4 is 10.0 Å². The fraction of sp³-hybridized carbons (Fsp3) is 0.600. The molecule has 0 amide bonds. The predicted octanol–water partition coefficient (Wildman–Crippen LogP) is 2.82. The molecule has 0 aliphatic heterocycles. The summed E-state index contributed by atoms with van der Waals surface area (Å²) in [5, 5.41) is 3.11. The van der Waals surface area contributed by atoms with E-state index >= 15 is 0 Å². The predicted molar refractivity (Wildman–Crippen MR) is 83.2 cm³/mol. The summed E-state index contributed by atoms with van der Waals surface area (Å²) in [6.45, 7) is 6.01. The van der Waals surface area contributed by atoms with E-state index in [0.29, 0.717) is 4.90 Å². The molecule has 0 bridgehead atoms. The second-order valence-corrected chi connectivity index (χ2v) is 6.96. The van der Waals surface area contributed by atoms with Crippen LogP contribution in [-0.4, -0.2) is 21.5 Å². The third-order valence-corrected chi connectivity index (χ3v) is 5.04. The van der Waals surface area contributed by atoms with Gasteiger partial charge in [0, 0.05) is 12.1 Å². The molecule has 1 aromatic carbocycles. The minimum absolute atomic E-state index is 0.0367. The van der Waals surface area contributed by atoms with Crippen LogP contribution >= 0.6 is 0 Å². The monoisotopic (exact) mass is 298 g/mol. The Balaban J connectivity index is 2.87. The first-order valence-corrected chi connectivity index (χ1v) is 8.68. The second-order valence-electron chi connectivity index (χ2n) is 5.25. The zero-order valence-electron chi connectivity index (χ0n) is 12.8. The molecule has 1 rings (SSSR count). The van der Waals surface area contributed by atoms with E-state index in [1.54, 1.807) is 18.2 Å². The van der Waals surface area contributed by atoms with Crippen LogP contribution in [0.1, 0.15) is 51.6 Å². The maximum Gasteiger partial charge on any atom is 0.240 e. The number of benzene rings is 1. The summed E-state index contributed by atoms with van der Waals surface area (Å²) >= 11 is 0. The molecule has 0 saturated carbocycles. The zero-order valence-corrected chi connectivity index (χ0v) is 13.6. The Morgan fingerprint density at radius 1 is 1.25 bits per heavy atom. The van der Waals surface area contributed by atoms with Crippen molar-refractivity contribution in [2.75, 3.05) is 7.05 Å². The molecular weight excluding hydrogens is 272 g/mol. The Labute approximate surface area is 123 Å². The van der Waals surface area contributed by atoms with Crippen molar-refractivity contribution in [1.82, 2.24) is 10.0 Å². The van der Waals surface area contributed by atoms with Crippen LogP contribution in [0.25, 0.3) is 0 Å². The van der Waals surface area contributed by atoms with E-state index in [4.69, 9.17) is 0 Å². The highest BCUT2D eigenvalue weighted by Gasteiger charge is 2.18. The number of rotatable bonds is 8. The van der Waals surface area contributed by atoms with Crippen LogP contribution in [0.5, 0.6) is 0 Å². The Kier molecular flexibility index (Phi) is 6.65. The maximum atomic E-state index is 12.3. The van der Waals surface area contributed by atoms with E-state index in [9.17, 15) is 8.42 Å². The van der Waals surface area contributed by atoms with Crippen molar-refractivity contribution in [3.63, 3.8) is 0 Å². The van der Waals surface area contributed by atoms with Gasteiger partial charge in [-0.15, -0.1) is 0 Å². The smallest absolute Gasteiger partial charge is 0.240 e. The van der Waals surface area contributed by atoms with Crippen LogP contribution in [0.3, 0.4) is 0 Å². The Bertz CT molecular complexity index is 514. The molecule has 1 aromatic rings. The van der Waals surface area contributed by atoms with Gasteiger partial charge in [0.15, 0.2) is 0 Å². The number of unbranched alkanes of at least 4 members (excludes halogenated alkanes) is 1. The zero-order chi connectivity index (χ0) is 15.2. The van der Waals surface area contributed by atoms with Gasteiger partial charge in [0.2, 0.25) is 10.0 Å². The minimum atomic E-state index is -3.43. The van der Waals surface area contributed by atoms with E-state index in [1.165, 1.54) is 0 Å². The van der Waals surface area contributed by atoms with Crippen molar-refractivity contribution in [3.05, 3.63) is 29.8 Å². The lowest BCUT2D eigenvalue weighted by Gasteiger charge is -2.16. The molecule has 20 heavy (non-hydrogen) atoms. The van der Waals surface area contributed by atoms with Crippen LogP contribution in [0.4, 0.5) is 0 Å². The van der Waals surface area contributed by atoms with Crippen molar-refractivity contribution in [2.24, 2.45) is 0 Å². The molecule has 4 nitrogen and oxygen atoms in total. The Morgan fingerprint density at radius 3 is 2.55 bits per heavy atom. The van der Waals surface area contributed by atoms with Crippen molar-refractivity contribution in [1.29, 1.82) is 0 Å². The summed E-state index contributed by atoms with van der Waals surface area (Å²) < 4.78 is 27.4. The molecule has 0 heterocycles. The van der Waals surface area contributed by atoms with Gasteiger partial charge in [0.25, 0.3) is 0 Å². The highest BCUT2D eigenvalue weighted by molar-refractivity contribution is 7.89. The average Bonchev–Trinajstić information content (AvgIpc) is 2.44. The van der Waals surface area contributed by atoms with Gasteiger partial charge in [0.1, 0.15) is 0 Å². The van der Waals surface area contributed by atoms with Crippen LogP contribution in [0.2, 0.25) is 0 Å². The molecule has 2 unspecified atom stereocenters. The van der Waals surface area contributed by atoms with E-state index < -0.39 is 10.0 Å². The molecule has 0 fully saturated rings. The standard InChI is InChI=1S/C15H26N2O2S/c1-5-6-8-12(2)17-20(18,19)15-10-7-9-14(11-15)13(3)16-4/h7,9-13,16-17H,5-6,8H2,1-4H3. The number of nitrogens with one attached hydrogen (secondary N) is 2. The van der Waals surface area contributed by atoms with Gasteiger partial charge in [-0.2, -0.15) is 0 Å². The van der Waals surface area contributed by atoms with Gasteiger partial charge in [0.05, 0.1) is 4.90 Å². The average molecular weight is 298 g/mol. The summed E-state index contributed by atoms with van der Waals surface area (Å²) in [4.78, 5) is 0.334. The summed E-state index contributed by atoms with van der Waals surface area (Å²) in [6.07, 6.45) is 2.96. The molecule has 0 saturated heterocycles. The first-order chi connectivity index (χ1) is 9.40. The fourth-order valence-corrected chi connectivity index (χ4v) is 3.35. The molecule has 2 N–H and O–H groups in total. The highest BCUT2D eigenvalue weighted by Crippen LogP contribution is 2.17. The molecule has 0 aromatic heterocycles. The third-order valence-electron chi connectivity index (χ3n) is 3.45. The van der Waals surface area contributed by atoms with Crippen molar-refractivity contribution in [2.45, 2.75) is 57.0 Å². The Morgan fingerprint density at radius 2 is 1.95 bits per heavy atom. The topological polar surface area (TPSA) is 58.2 Å². The van der Waals surface area contributed by atoms with Crippen LogP contribution in [0, 0.1) is 0 Å². The van der Waals surface area contributed by atoms with Crippen molar-refractivity contribution < 1.29 is 8.42 Å². The Hall–Kier alpha value is -0.910. The normalized spacial score (nSPS) is 15.0. The first kappa shape index (κ1) is 17.1. The number of hydrogen-bond acceptors (Lipinski definition) is 3. The van der Waals surface area contributed by atoms with E-state index in [2.05, 4.69) is 17.0 Å². The summed E-state index contributed by atoms with van der Waals surface area (Å²) in [6, 6.07) is 7.18. The second kappa shape index (κ2) is 7.76. The molecule has 0 aliphatic rings. The lowest BCUT2D eigenvalue weighted by atomic mass is 10.1. The SMILES string of the molecule is CCCCC(C)NS(=O)(=O)c1cccc(C(C)NC)c1.